The molecular weight excluding hydrogens is 488 g/mol. The fourth-order valence-electron chi connectivity index (χ4n) is 3.13. The van der Waals surface area contributed by atoms with Gasteiger partial charge in [0.15, 0.2) is 5.82 Å². The van der Waals surface area contributed by atoms with Gasteiger partial charge in [0.05, 0.1) is 16.3 Å². The van der Waals surface area contributed by atoms with Crippen LogP contribution >= 0.6 is 35.6 Å². The lowest BCUT2D eigenvalue weighted by Gasteiger charge is -2.04. The summed E-state index contributed by atoms with van der Waals surface area (Å²) in [4.78, 5) is 11.8. The summed E-state index contributed by atoms with van der Waals surface area (Å²) in [5.41, 5.74) is 2.66. The molecule has 0 atom stereocenters. The molecule has 34 heavy (non-hydrogen) atoms. The second-order valence-corrected chi connectivity index (χ2v) is 9.04. The van der Waals surface area contributed by atoms with E-state index in [-0.39, 0.29) is 5.69 Å². The maximum absolute atomic E-state index is 11.1. The molecule has 9 heteroatoms. The molecule has 0 amide bonds. The van der Waals surface area contributed by atoms with Crippen LogP contribution in [0.4, 0.5) is 5.69 Å². The van der Waals surface area contributed by atoms with Crippen LogP contribution in [0.2, 0.25) is 5.02 Å². The molecule has 0 spiro atoms. The van der Waals surface area contributed by atoms with E-state index in [4.69, 9.17) is 23.8 Å². The number of non-ortho nitro benzene ring substituents is 1. The normalized spacial score (nSPS) is 11.5. The van der Waals surface area contributed by atoms with E-state index in [0.29, 0.717) is 21.3 Å². The van der Waals surface area contributed by atoms with Crippen molar-refractivity contribution in [3.05, 3.63) is 122 Å². The molecule has 0 bridgehead atoms. The molecule has 4 aromatic rings. The summed E-state index contributed by atoms with van der Waals surface area (Å²) < 4.78 is 3.83. The quantitative estimate of drug-likeness (QED) is 0.0849. The van der Waals surface area contributed by atoms with Crippen LogP contribution in [-0.2, 0) is 0 Å². The van der Waals surface area contributed by atoms with Crippen LogP contribution in [0.25, 0.3) is 17.5 Å². The van der Waals surface area contributed by atoms with E-state index in [9.17, 15) is 10.1 Å². The lowest BCUT2D eigenvalue weighted by molar-refractivity contribution is -0.384. The largest absolute Gasteiger partial charge is 0.269 e. The first-order chi connectivity index (χ1) is 16.4. The number of nitro benzene ring substituents is 1. The van der Waals surface area contributed by atoms with Crippen LogP contribution in [0.3, 0.4) is 0 Å². The van der Waals surface area contributed by atoms with Crippen molar-refractivity contribution in [2.75, 3.05) is 0 Å². The van der Waals surface area contributed by atoms with E-state index < -0.39 is 4.92 Å². The third-order valence-electron chi connectivity index (χ3n) is 4.85. The van der Waals surface area contributed by atoms with Gasteiger partial charge in [-0.05, 0) is 79.2 Å². The van der Waals surface area contributed by atoms with Crippen molar-refractivity contribution in [3.8, 4) is 11.4 Å². The Balaban J connectivity index is 1.67. The Morgan fingerprint density at radius 1 is 0.971 bits per heavy atom. The number of allylic oxidation sites excluding steroid dienone is 2. The Labute approximate surface area is 211 Å². The van der Waals surface area contributed by atoms with Gasteiger partial charge >= 0.3 is 0 Å². The molecule has 0 fully saturated rings. The Hall–Kier alpha value is -3.46. The molecule has 6 nitrogen and oxygen atoms in total. The number of halogens is 1. The first kappa shape index (κ1) is 23.7. The summed E-state index contributed by atoms with van der Waals surface area (Å²) in [6.45, 7) is 2.06. The molecule has 0 N–H and O–H groups in total. The Kier molecular flexibility index (Phi) is 7.42. The third-order valence-corrected chi connectivity index (χ3v) is 6.30. The summed E-state index contributed by atoms with van der Waals surface area (Å²) in [6, 6.07) is 21.7. The molecule has 4 rings (SSSR count). The number of rotatable bonds is 7. The summed E-state index contributed by atoms with van der Waals surface area (Å²) in [7, 11) is 0. The fourth-order valence-corrected chi connectivity index (χ4v) is 4.22. The number of thioether (sulfide) groups is 1. The van der Waals surface area contributed by atoms with E-state index in [1.165, 1.54) is 17.7 Å². The predicted molar refractivity (Wildman–Crippen MR) is 141 cm³/mol. The van der Waals surface area contributed by atoms with E-state index >= 15 is 0 Å². The molecule has 0 saturated heterocycles. The summed E-state index contributed by atoms with van der Waals surface area (Å²) in [5.74, 6) is 0.582. The average molecular weight is 507 g/mol. The third kappa shape index (κ3) is 5.53. The highest BCUT2D eigenvalue weighted by Crippen LogP contribution is 2.22. The number of hydrogen-bond donors (Lipinski definition) is 0. The first-order valence-corrected chi connectivity index (χ1v) is 11.9. The minimum absolute atomic E-state index is 0.00789. The van der Waals surface area contributed by atoms with Crippen LogP contribution < -0.4 is 0 Å². The van der Waals surface area contributed by atoms with Crippen molar-refractivity contribution < 1.29 is 4.92 Å². The lowest BCUT2D eigenvalue weighted by atomic mass is 10.2. The number of aromatic nitrogens is 3. The molecule has 0 saturated carbocycles. The van der Waals surface area contributed by atoms with Crippen molar-refractivity contribution in [1.29, 1.82) is 0 Å². The topological polar surface area (TPSA) is 65.9 Å². The van der Waals surface area contributed by atoms with E-state index in [1.807, 2.05) is 35.8 Å². The van der Waals surface area contributed by atoms with E-state index in [2.05, 4.69) is 36.3 Å². The van der Waals surface area contributed by atoms with Crippen molar-refractivity contribution in [1.82, 2.24) is 14.3 Å². The summed E-state index contributed by atoms with van der Waals surface area (Å²) in [6.07, 6.45) is 5.65. The minimum Gasteiger partial charge on any atom is -0.268 e. The predicted octanol–water partition coefficient (Wildman–Crippen LogP) is 7.58. The highest BCUT2D eigenvalue weighted by molar-refractivity contribution is 8.02. The van der Waals surface area contributed by atoms with Gasteiger partial charge in [-0.25, -0.2) is 4.68 Å². The van der Waals surface area contributed by atoms with Gasteiger partial charge in [0, 0.05) is 22.1 Å². The Morgan fingerprint density at radius 3 is 2.26 bits per heavy atom. The van der Waals surface area contributed by atoms with Crippen LogP contribution in [0, 0.1) is 21.8 Å². The zero-order valence-corrected chi connectivity index (χ0v) is 20.4. The Bertz CT molecular complexity index is 1420. The van der Waals surface area contributed by atoms with Crippen LogP contribution in [-0.4, -0.2) is 19.3 Å². The molecular formula is C25H19ClN4O2S2. The van der Waals surface area contributed by atoms with E-state index in [1.54, 1.807) is 45.3 Å². The number of benzene rings is 3. The lowest BCUT2D eigenvalue weighted by Crippen LogP contribution is -1.99. The van der Waals surface area contributed by atoms with Crippen LogP contribution in [0.1, 0.15) is 11.4 Å². The van der Waals surface area contributed by atoms with Gasteiger partial charge in [-0.1, -0.05) is 53.2 Å². The van der Waals surface area contributed by atoms with Crippen LogP contribution in [0.5, 0.6) is 0 Å². The molecule has 1 heterocycles. The molecule has 0 aliphatic carbocycles. The average Bonchev–Trinajstić information content (AvgIpc) is 3.16. The second-order valence-electron chi connectivity index (χ2n) is 7.26. The molecule has 0 radical (unpaired) electrons. The zero-order valence-electron chi connectivity index (χ0n) is 18.0. The maximum Gasteiger partial charge on any atom is 0.269 e. The minimum atomic E-state index is -0.433. The molecule has 0 aliphatic heterocycles. The van der Waals surface area contributed by atoms with Gasteiger partial charge in [0.25, 0.3) is 5.69 Å². The molecule has 1 aromatic heterocycles. The van der Waals surface area contributed by atoms with E-state index in [0.717, 1.165) is 10.6 Å². The number of hydrogen-bond acceptors (Lipinski definition) is 5. The summed E-state index contributed by atoms with van der Waals surface area (Å²) in [5, 5.41) is 18.3. The van der Waals surface area contributed by atoms with Gasteiger partial charge in [-0.3, -0.25) is 14.7 Å². The molecule has 170 valence electrons. The van der Waals surface area contributed by atoms with Crippen molar-refractivity contribution >= 4 is 47.3 Å². The van der Waals surface area contributed by atoms with Gasteiger partial charge in [-0.15, -0.1) is 5.10 Å². The highest BCUT2D eigenvalue weighted by Gasteiger charge is 2.13. The fraction of sp³-hybridized carbons (Fsp3) is 0.0400. The van der Waals surface area contributed by atoms with Gasteiger partial charge < -0.3 is 0 Å². The van der Waals surface area contributed by atoms with Gasteiger partial charge in [-0.2, -0.15) is 0 Å². The number of aryl methyl sites for hydroxylation is 1. The van der Waals surface area contributed by atoms with Crippen molar-refractivity contribution in [3.63, 3.8) is 0 Å². The standard InChI is InChI=1S/C25H19ClN4O2S2/c1-18-5-15-23(16-6-18)34-17-3-2-4-24-27-29(21-9-7-19(26)8-10-21)25(33)28(24)20-11-13-22(14-12-20)30(31)32/h2-17H,1H3/b4-2-,17-3+. The van der Waals surface area contributed by atoms with Gasteiger partial charge in [0.2, 0.25) is 4.77 Å². The van der Waals surface area contributed by atoms with Gasteiger partial charge in [0.1, 0.15) is 0 Å². The number of nitro groups is 1. The monoisotopic (exact) mass is 506 g/mol. The smallest absolute Gasteiger partial charge is 0.268 e. The summed E-state index contributed by atoms with van der Waals surface area (Å²) >= 11 is 13.4. The Morgan fingerprint density at radius 2 is 1.62 bits per heavy atom. The second kappa shape index (κ2) is 10.6. The SMILES string of the molecule is Cc1ccc(S/C=C/C=C\c2nn(-c3ccc(Cl)cc3)c(=S)n2-c2ccc([N+](=O)[O-])cc2)cc1. The number of nitrogens with zero attached hydrogens (tertiary/aromatic N) is 4. The molecule has 0 unspecified atom stereocenters. The molecule has 0 aliphatic rings. The molecule has 3 aromatic carbocycles. The maximum atomic E-state index is 11.1. The highest BCUT2D eigenvalue weighted by atomic mass is 35.5. The van der Waals surface area contributed by atoms with Crippen molar-refractivity contribution in [2.24, 2.45) is 0 Å². The van der Waals surface area contributed by atoms with Crippen molar-refractivity contribution in [2.45, 2.75) is 11.8 Å². The zero-order chi connectivity index (χ0) is 24.1. The van der Waals surface area contributed by atoms with Crippen LogP contribution in [0.15, 0.2) is 95.3 Å². The first-order valence-electron chi connectivity index (χ1n) is 10.2.